The standard InChI is InChI=1S/C35H65N5O6/c1-4-6-9-18-26-32(43)36-21-14-8-12-20-29(41)37-27(23-25-16-10-7-11-17-25)31(42)35(46)40-22-15-13-19-28(40)33(44)39-30(24(3)5-2)34(45)38-26/h24-28,30-32,35-36,42-43,46H,4-23H2,1-3H3,(H,37,41)(H,38,45)(H,39,44). The number of fused-ring (bicyclic) bond motifs is 1. The molecule has 2 aliphatic heterocycles. The molecule has 2 saturated heterocycles. The SMILES string of the molecule is CCCCCC1NC(=O)C(C(C)CC)NC(=O)C2CCCCN2C(O)C(O)C(CC2CCCCC2)NC(=O)CCCCCNC1O. The summed E-state index contributed by atoms with van der Waals surface area (Å²) in [5.74, 6) is -0.610. The highest BCUT2D eigenvalue weighted by molar-refractivity contribution is 5.90. The quantitative estimate of drug-likeness (QED) is 0.197. The molecule has 0 spiro atoms. The Morgan fingerprint density at radius 3 is 2.24 bits per heavy atom. The zero-order valence-electron chi connectivity index (χ0n) is 28.9. The summed E-state index contributed by atoms with van der Waals surface area (Å²) in [6.45, 7) is 6.99. The normalized spacial score (nSPS) is 33.3. The number of unbranched alkanes of at least 4 members (excludes halogenated alkanes) is 2. The number of hydrogen-bond donors (Lipinski definition) is 7. The number of carbonyl (C=O) groups is 3. The summed E-state index contributed by atoms with van der Waals surface area (Å²) in [7, 11) is 0. The molecule has 2 heterocycles. The molecule has 1 saturated carbocycles. The second-order valence-corrected chi connectivity index (χ2v) is 14.3. The van der Waals surface area contributed by atoms with Gasteiger partial charge in [-0.25, -0.2) is 0 Å². The molecule has 0 aromatic heterocycles. The molecule has 46 heavy (non-hydrogen) atoms. The van der Waals surface area contributed by atoms with Crippen LogP contribution in [0, 0.1) is 11.8 Å². The van der Waals surface area contributed by atoms with Gasteiger partial charge in [-0.15, -0.1) is 0 Å². The molecule has 0 aromatic carbocycles. The highest BCUT2D eigenvalue weighted by Crippen LogP contribution is 2.30. The van der Waals surface area contributed by atoms with Crippen LogP contribution in [0.3, 0.4) is 0 Å². The number of hydrogen-bond acceptors (Lipinski definition) is 8. The minimum Gasteiger partial charge on any atom is -0.387 e. The van der Waals surface area contributed by atoms with Gasteiger partial charge < -0.3 is 31.3 Å². The summed E-state index contributed by atoms with van der Waals surface area (Å²) in [6, 6.07) is -2.67. The van der Waals surface area contributed by atoms with Crippen LogP contribution in [0.25, 0.3) is 0 Å². The number of amides is 3. The molecule has 3 aliphatic rings. The smallest absolute Gasteiger partial charge is 0.243 e. The molecular formula is C35H65N5O6. The van der Waals surface area contributed by atoms with Gasteiger partial charge in [0.2, 0.25) is 17.7 Å². The number of aliphatic hydroxyl groups is 3. The molecule has 7 N–H and O–H groups in total. The van der Waals surface area contributed by atoms with Crippen LogP contribution < -0.4 is 21.3 Å². The van der Waals surface area contributed by atoms with E-state index in [0.717, 1.165) is 70.6 Å². The Bertz CT molecular complexity index is 918. The summed E-state index contributed by atoms with van der Waals surface area (Å²) in [5.41, 5.74) is 0. The van der Waals surface area contributed by atoms with Crippen molar-refractivity contribution in [3.05, 3.63) is 0 Å². The van der Waals surface area contributed by atoms with Crippen LogP contribution in [0.2, 0.25) is 0 Å². The minimum absolute atomic E-state index is 0.141. The summed E-state index contributed by atoms with van der Waals surface area (Å²) >= 11 is 0. The van der Waals surface area contributed by atoms with Gasteiger partial charge in [0.1, 0.15) is 24.6 Å². The molecule has 8 unspecified atom stereocenters. The Kier molecular flexibility index (Phi) is 17.3. The van der Waals surface area contributed by atoms with Gasteiger partial charge in [0, 0.05) is 13.0 Å². The largest absolute Gasteiger partial charge is 0.387 e. The zero-order chi connectivity index (χ0) is 33.5. The summed E-state index contributed by atoms with van der Waals surface area (Å²) < 4.78 is 0. The van der Waals surface area contributed by atoms with Gasteiger partial charge in [-0.3, -0.25) is 24.6 Å². The molecule has 8 atom stereocenters. The summed E-state index contributed by atoms with van der Waals surface area (Å²) in [4.78, 5) is 42.4. The number of nitrogens with zero attached hydrogens (tertiary/aromatic N) is 1. The van der Waals surface area contributed by atoms with Crippen LogP contribution in [0.15, 0.2) is 0 Å². The molecule has 266 valence electrons. The third-order valence-electron chi connectivity index (χ3n) is 10.6. The van der Waals surface area contributed by atoms with Gasteiger partial charge in [-0.2, -0.15) is 0 Å². The van der Waals surface area contributed by atoms with Crippen LogP contribution in [0.5, 0.6) is 0 Å². The van der Waals surface area contributed by atoms with Crippen LogP contribution in [-0.4, -0.2) is 93.8 Å². The Balaban J connectivity index is 1.86. The fourth-order valence-electron chi connectivity index (χ4n) is 7.43. The molecule has 3 amide bonds. The van der Waals surface area contributed by atoms with Crippen molar-refractivity contribution in [3.63, 3.8) is 0 Å². The van der Waals surface area contributed by atoms with E-state index >= 15 is 0 Å². The van der Waals surface area contributed by atoms with Crippen molar-refractivity contribution in [1.29, 1.82) is 0 Å². The molecular weight excluding hydrogens is 586 g/mol. The Labute approximate surface area is 277 Å². The number of carbonyl (C=O) groups excluding carboxylic acids is 3. The molecule has 0 radical (unpaired) electrons. The average molecular weight is 652 g/mol. The molecule has 11 nitrogen and oxygen atoms in total. The minimum atomic E-state index is -1.34. The van der Waals surface area contributed by atoms with Gasteiger partial charge >= 0.3 is 0 Å². The number of rotatable bonds is 8. The Morgan fingerprint density at radius 1 is 0.804 bits per heavy atom. The maximum atomic E-state index is 13.9. The third-order valence-corrected chi connectivity index (χ3v) is 10.6. The van der Waals surface area contributed by atoms with Crippen molar-refractivity contribution in [2.45, 2.75) is 179 Å². The van der Waals surface area contributed by atoms with E-state index in [1.165, 1.54) is 6.42 Å². The van der Waals surface area contributed by atoms with E-state index in [1.807, 2.05) is 13.8 Å². The van der Waals surface area contributed by atoms with E-state index in [1.54, 1.807) is 4.90 Å². The monoisotopic (exact) mass is 651 g/mol. The van der Waals surface area contributed by atoms with Crippen LogP contribution >= 0.6 is 0 Å². The van der Waals surface area contributed by atoms with E-state index in [4.69, 9.17) is 0 Å². The topological polar surface area (TPSA) is 163 Å². The lowest BCUT2D eigenvalue weighted by Crippen LogP contribution is -2.63. The summed E-state index contributed by atoms with van der Waals surface area (Å²) in [6.07, 6.45) is 11.3. The summed E-state index contributed by atoms with van der Waals surface area (Å²) in [5, 5.41) is 46.6. The second kappa shape index (κ2) is 20.5. The first-order valence-corrected chi connectivity index (χ1v) is 18.6. The molecule has 1 aliphatic carbocycles. The first-order chi connectivity index (χ1) is 22.2. The Hall–Kier alpha value is -1.79. The highest BCUT2D eigenvalue weighted by atomic mass is 16.3. The maximum absolute atomic E-state index is 13.9. The molecule has 11 heteroatoms. The van der Waals surface area contributed by atoms with Crippen molar-refractivity contribution >= 4 is 17.7 Å². The average Bonchev–Trinajstić information content (AvgIpc) is 3.06. The van der Waals surface area contributed by atoms with Gasteiger partial charge in [-0.1, -0.05) is 91.4 Å². The van der Waals surface area contributed by atoms with Crippen LogP contribution in [-0.2, 0) is 14.4 Å². The Morgan fingerprint density at radius 2 is 1.52 bits per heavy atom. The lowest BCUT2D eigenvalue weighted by Gasteiger charge is -2.42. The van der Waals surface area contributed by atoms with E-state index in [0.29, 0.717) is 57.5 Å². The zero-order valence-corrected chi connectivity index (χ0v) is 28.9. The first-order valence-electron chi connectivity index (χ1n) is 18.6. The fourth-order valence-corrected chi connectivity index (χ4v) is 7.43. The van der Waals surface area contributed by atoms with Crippen molar-refractivity contribution in [2.75, 3.05) is 13.1 Å². The first kappa shape index (κ1) is 38.7. The van der Waals surface area contributed by atoms with E-state index in [9.17, 15) is 29.7 Å². The van der Waals surface area contributed by atoms with Crippen LogP contribution in [0.1, 0.15) is 136 Å². The third kappa shape index (κ3) is 12.0. The van der Waals surface area contributed by atoms with Gasteiger partial charge in [-0.05, 0) is 56.9 Å². The maximum Gasteiger partial charge on any atom is 0.243 e. The molecule has 3 fully saturated rings. The van der Waals surface area contributed by atoms with E-state index < -0.39 is 42.7 Å². The van der Waals surface area contributed by atoms with Crippen LogP contribution in [0.4, 0.5) is 0 Å². The van der Waals surface area contributed by atoms with Crippen molar-refractivity contribution in [1.82, 2.24) is 26.2 Å². The molecule has 0 bridgehead atoms. The molecule has 0 aromatic rings. The highest BCUT2D eigenvalue weighted by Gasteiger charge is 2.41. The number of piperidine rings is 1. The number of aliphatic hydroxyl groups excluding tert-OH is 3. The number of nitrogens with one attached hydrogen (secondary N) is 4. The van der Waals surface area contributed by atoms with E-state index in [-0.39, 0.29) is 23.6 Å². The van der Waals surface area contributed by atoms with Crippen molar-refractivity contribution < 1.29 is 29.7 Å². The second-order valence-electron chi connectivity index (χ2n) is 14.3. The predicted octanol–water partition coefficient (Wildman–Crippen LogP) is 3.05. The predicted molar refractivity (Wildman–Crippen MR) is 179 cm³/mol. The fraction of sp³-hybridized carbons (Fsp3) is 0.914. The van der Waals surface area contributed by atoms with Crippen molar-refractivity contribution in [2.24, 2.45) is 11.8 Å². The van der Waals surface area contributed by atoms with Gasteiger partial charge in [0.25, 0.3) is 0 Å². The van der Waals surface area contributed by atoms with Crippen molar-refractivity contribution in [3.8, 4) is 0 Å². The lowest BCUT2D eigenvalue weighted by molar-refractivity contribution is -0.150. The lowest BCUT2D eigenvalue weighted by atomic mass is 9.83. The van der Waals surface area contributed by atoms with Gasteiger partial charge in [0.15, 0.2) is 0 Å². The van der Waals surface area contributed by atoms with E-state index in [2.05, 4.69) is 28.2 Å². The van der Waals surface area contributed by atoms with Gasteiger partial charge in [0.05, 0.1) is 18.1 Å². The molecule has 3 rings (SSSR count).